The number of para-hydroxylation sites is 1. The van der Waals surface area contributed by atoms with Crippen molar-refractivity contribution in [3.63, 3.8) is 0 Å². The molecule has 2 amide bonds. The minimum absolute atomic E-state index is 0.0202. The van der Waals surface area contributed by atoms with Crippen LogP contribution in [-0.4, -0.2) is 43.0 Å². The number of rotatable bonds is 10. The van der Waals surface area contributed by atoms with Gasteiger partial charge in [-0.2, -0.15) is 0 Å². The Labute approximate surface area is 166 Å². The Morgan fingerprint density at radius 3 is 2.54 bits per heavy atom. The lowest BCUT2D eigenvalue weighted by Crippen LogP contribution is -2.32. The van der Waals surface area contributed by atoms with Gasteiger partial charge in [0, 0.05) is 38.4 Å². The number of hydrogen-bond donors (Lipinski definition) is 1. The summed E-state index contributed by atoms with van der Waals surface area (Å²) in [6.07, 6.45) is 2.50. The number of nitrogens with one attached hydrogen (secondary N) is 1. The van der Waals surface area contributed by atoms with Gasteiger partial charge in [0.15, 0.2) is 0 Å². The molecule has 1 heterocycles. The van der Waals surface area contributed by atoms with E-state index in [9.17, 15) is 9.59 Å². The fraction of sp³-hybridized carbons (Fsp3) is 0.391. The fourth-order valence-electron chi connectivity index (χ4n) is 3.40. The third-order valence-corrected chi connectivity index (χ3v) is 4.96. The molecule has 5 nitrogen and oxygen atoms in total. The molecule has 2 aromatic rings. The molecule has 1 atom stereocenters. The molecule has 1 aliphatic heterocycles. The van der Waals surface area contributed by atoms with Crippen LogP contribution in [0, 0.1) is 5.92 Å². The van der Waals surface area contributed by atoms with E-state index in [1.165, 1.54) is 5.56 Å². The molecular formula is C23H28N2O3. The fourth-order valence-corrected chi connectivity index (χ4v) is 3.40. The molecule has 5 heteroatoms. The lowest BCUT2D eigenvalue weighted by molar-refractivity contribution is -0.127. The first-order chi connectivity index (χ1) is 13.7. The first kappa shape index (κ1) is 19.9. The summed E-state index contributed by atoms with van der Waals surface area (Å²) in [5.74, 6) is 1.23. The maximum Gasteiger partial charge on any atom is 0.223 e. The molecule has 0 aromatic heterocycles. The van der Waals surface area contributed by atoms with Gasteiger partial charge in [-0.1, -0.05) is 48.5 Å². The average molecular weight is 380 g/mol. The van der Waals surface area contributed by atoms with Crippen LogP contribution in [0.2, 0.25) is 0 Å². The topological polar surface area (TPSA) is 58.6 Å². The zero-order valence-electron chi connectivity index (χ0n) is 16.2. The summed E-state index contributed by atoms with van der Waals surface area (Å²) in [7, 11) is 0. The summed E-state index contributed by atoms with van der Waals surface area (Å²) in [5, 5.41) is 2.96. The van der Waals surface area contributed by atoms with E-state index in [0.717, 1.165) is 25.3 Å². The van der Waals surface area contributed by atoms with E-state index in [4.69, 9.17) is 4.74 Å². The molecule has 0 aliphatic carbocycles. The number of ether oxygens (including phenoxy) is 1. The average Bonchev–Trinajstić information content (AvgIpc) is 3.09. The zero-order chi connectivity index (χ0) is 19.6. The van der Waals surface area contributed by atoms with E-state index in [0.29, 0.717) is 32.4 Å². The van der Waals surface area contributed by atoms with Crippen LogP contribution in [0.4, 0.5) is 0 Å². The van der Waals surface area contributed by atoms with Gasteiger partial charge in [0.05, 0.1) is 6.61 Å². The van der Waals surface area contributed by atoms with Crippen molar-refractivity contribution in [2.24, 2.45) is 5.92 Å². The number of amides is 2. The van der Waals surface area contributed by atoms with Crippen LogP contribution >= 0.6 is 0 Å². The maximum absolute atomic E-state index is 12.2. The normalized spacial score (nSPS) is 16.2. The highest BCUT2D eigenvalue weighted by Gasteiger charge is 2.29. The van der Waals surface area contributed by atoms with Crippen LogP contribution < -0.4 is 10.1 Å². The monoisotopic (exact) mass is 380 g/mol. The van der Waals surface area contributed by atoms with E-state index in [1.807, 2.05) is 53.4 Å². The highest BCUT2D eigenvalue weighted by atomic mass is 16.5. The Balaban J connectivity index is 1.29. The SMILES string of the molecule is O=C(CCCOc1ccccc1)NCC1CC(=O)N(CCc2ccccc2)C1. The molecule has 2 aromatic carbocycles. The Morgan fingerprint density at radius 1 is 1.07 bits per heavy atom. The molecule has 0 bridgehead atoms. The third-order valence-electron chi connectivity index (χ3n) is 4.96. The van der Waals surface area contributed by atoms with Gasteiger partial charge in [-0.25, -0.2) is 0 Å². The van der Waals surface area contributed by atoms with E-state index < -0.39 is 0 Å². The molecule has 0 saturated carbocycles. The van der Waals surface area contributed by atoms with Crippen LogP contribution in [-0.2, 0) is 16.0 Å². The minimum atomic E-state index is 0.0202. The van der Waals surface area contributed by atoms with Gasteiger partial charge in [0.2, 0.25) is 11.8 Å². The first-order valence-corrected chi connectivity index (χ1v) is 9.97. The number of likely N-dealkylation sites (tertiary alicyclic amines) is 1. The second-order valence-corrected chi connectivity index (χ2v) is 7.21. The van der Waals surface area contributed by atoms with Crippen molar-refractivity contribution in [1.29, 1.82) is 0 Å². The molecule has 0 radical (unpaired) electrons. The Kier molecular flexibility index (Phi) is 7.47. The zero-order valence-corrected chi connectivity index (χ0v) is 16.2. The van der Waals surface area contributed by atoms with Gasteiger partial charge in [-0.05, 0) is 30.5 Å². The van der Waals surface area contributed by atoms with Crippen molar-refractivity contribution in [2.75, 3.05) is 26.2 Å². The number of hydrogen-bond acceptors (Lipinski definition) is 3. The highest BCUT2D eigenvalue weighted by molar-refractivity contribution is 5.79. The van der Waals surface area contributed by atoms with Gasteiger partial charge in [-0.15, -0.1) is 0 Å². The predicted molar refractivity (Wildman–Crippen MR) is 109 cm³/mol. The first-order valence-electron chi connectivity index (χ1n) is 9.97. The lowest BCUT2D eigenvalue weighted by Gasteiger charge is -2.17. The molecule has 28 heavy (non-hydrogen) atoms. The lowest BCUT2D eigenvalue weighted by atomic mass is 10.1. The molecule has 0 spiro atoms. The molecular weight excluding hydrogens is 352 g/mol. The molecule has 1 aliphatic rings. The molecule has 1 fully saturated rings. The highest BCUT2D eigenvalue weighted by Crippen LogP contribution is 2.17. The summed E-state index contributed by atoms with van der Waals surface area (Å²) in [4.78, 5) is 26.1. The summed E-state index contributed by atoms with van der Waals surface area (Å²) < 4.78 is 5.59. The van der Waals surface area contributed by atoms with Crippen molar-refractivity contribution >= 4 is 11.8 Å². The third kappa shape index (κ3) is 6.41. The predicted octanol–water partition coefficient (Wildman–Crippen LogP) is 3.05. The quantitative estimate of drug-likeness (QED) is 0.645. The van der Waals surface area contributed by atoms with Gasteiger partial charge in [0.25, 0.3) is 0 Å². The second kappa shape index (κ2) is 10.5. The molecule has 1 unspecified atom stereocenters. The Hall–Kier alpha value is -2.82. The smallest absolute Gasteiger partial charge is 0.223 e. The van der Waals surface area contributed by atoms with E-state index in [-0.39, 0.29) is 17.7 Å². The van der Waals surface area contributed by atoms with Crippen molar-refractivity contribution in [3.05, 3.63) is 66.2 Å². The van der Waals surface area contributed by atoms with Crippen molar-refractivity contribution in [3.8, 4) is 5.75 Å². The van der Waals surface area contributed by atoms with Crippen LogP contribution in [0.1, 0.15) is 24.8 Å². The van der Waals surface area contributed by atoms with E-state index in [1.54, 1.807) is 0 Å². The van der Waals surface area contributed by atoms with Crippen LogP contribution in [0.25, 0.3) is 0 Å². The summed E-state index contributed by atoms with van der Waals surface area (Å²) in [6, 6.07) is 19.8. The number of carbonyl (C=O) groups excluding carboxylic acids is 2. The second-order valence-electron chi connectivity index (χ2n) is 7.21. The van der Waals surface area contributed by atoms with Gasteiger partial charge < -0.3 is 15.0 Å². The van der Waals surface area contributed by atoms with Gasteiger partial charge in [-0.3, -0.25) is 9.59 Å². The van der Waals surface area contributed by atoms with E-state index in [2.05, 4.69) is 17.4 Å². The summed E-state index contributed by atoms with van der Waals surface area (Å²) in [6.45, 7) is 2.55. The van der Waals surface area contributed by atoms with Crippen molar-refractivity contribution < 1.29 is 14.3 Å². The molecule has 3 rings (SSSR count). The van der Waals surface area contributed by atoms with Crippen molar-refractivity contribution in [2.45, 2.75) is 25.7 Å². The minimum Gasteiger partial charge on any atom is -0.494 e. The largest absolute Gasteiger partial charge is 0.494 e. The maximum atomic E-state index is 12.2. The molecule has 1 saturated heterocycles. The van der Waals surface area contributed by atoms with Gasteiger partial charge in [0.1, 0.15) is 5.75 Å². The summed E-state index contributed by atoms with van der Waals surface area (Å²) in [5.41, 5.74) is 1.24. The standard InChI is InChI=1S/C23H28N2O3/c26-22(12-7-15-28-21-10-5-2-6-11-21)24-17-20-16-23(27)25(18-20)14-13-19-8-3-1-4-9-19/h1-6,8-11,20H,7,12-18H2,(H,24,26). The molecule has 1 N–H and O–H groups in total. The summed E-state index contributed by atoms with van der Waals surface area (Å²) >= 11 is 0. The number of carbonyl (C=O) groups is 2. The van der Waals surface area contributed by atoms with Crippen LogP contribution in [0.3, 0.4) is 0 Å². The molecule has 148 valence electrons. The van der Waals surface area contributed by atoms with Crippen LogP contribution in [0.15, 0.2) is 60.7 Å². The Bertz CT molecular complexity index is 749. The Morgan fingerprint density at radius 2 is 1.79 bits per heavy atom. The number of benzene rings is 2. The van der Waals surface area contributed by atoms with Crippen LogP contribution in [0.5, 0.6) is 5.75 Å². The van der Waals surface area contributed by atoms with E-state index >= 15 is 0 Å². The van der Waals surface area contributed by atoms with Crippen molar-refractivity contribution in [1.82, 2.24) is 10.2 Å². The van der Waals surface area contributed by atoms with Gasteiger partial charge >= 0.3 is 0 Å². The number of nitrogens with zero attached hydrogens (tertiary/aromatic N) is 1.